The molecule has 1 amide bonds. The number of aromatic nitrogens is 6. The van der Waals surface area contributed by atoms with Gasteiger partial charge in [-0.05, 0) is 56.4 Å². The van der Waals surface area contributed by atoms with Crippen LogP contribution in [0.25, 0.3) is 33.3 Å². The number of ether oxygens (including phenoxy) is 1. The summed E-state index contributed by atoms with van der Waals surface area (Å²) in [6.07, 6.45) is 6.23. The van der Waals surface area contributed by atoms with Crippen molar-refractivity contribution in [1.29, 1.82) is 0 Å². The molecule has 11 heteroatoms. The molecule has 1 fully saturated rings. The summed E-state index contributed by atoms with van der Waals surface area (Å²) in [7, 11) is 0. The molecule has 38 heavy (non-hydrogen) atoms. The first-order chi connectivity index (χ1) is 18.3. The highest BCUT2D eigenvalue weighted by Gasteiger charge is 2.23. The topological polar surface area (TPSA) is 122 Å². The third kappa shape index (κ3) is 4.63. The molecule has 10 nitrogen and oxygen atoms in total. The zero-order chi connectivity index (χ0) is 26.4. The molecular formula is C27H26ClN7O3. The number of halogens is 1. The summed E-state index contributed by atoms with van der Waals surface area (Å²) < 4.78 is 8.11. The van der Waals surface area contributed by atoms with Crippen molar-refractivity contribution in [1.82, 2.24) is 34.6 Å². The largest absolute Gasteiger partial charge is 0.465 e. The maximum atomic E-state index is 11.2. The smallest absolute Gasteiger partial charge is 0.407 e. The van der Waals surface area contributed by atoms with Gasteiger partial charge in [0.15, 0.2) is 5.75 Å². The SMILES string of the molecule is Cc1nc2ccc(Oc3c(C)cc4ncc(-c5cnn(CC6CCN(C(=O)O)CC6)c5)nc4c3Cl)cc2[nH]1. The number of carboxylic acid groups (broad SMARTS) is 1. The number of piperidine rings is 1. The Morgan fingerprint density at radius 3 is 2.76 bits per heavy atom. The summed E-state index contributed by atoms with van der Waals surface area (Å²) >= 11 is 6.83. The molecule has 0 aliphatic carbocycles. The van der Waals surface area contributed by atoms with Crippen molar-refractivity contribution in [2.24, 2.45) is 5.92 Å². The number of aromatic amines is 1. The first-order valence-electron chi connectivity index (χ1n) is 12.4. The lowest BCUT2D eigenvalue weighted by Gasteiger charge is -2.29. The molecule has 0 unspecified atom stereocenters. The molecule has 5 aromatic rings. The molecule has 2 aromatic carbocycles. The molecule has 0 bridgehead atoms. The van der Waals surface area contributed by atoms with Crippen molar-refractivity contribution < 1.29 is 14.6 Å². The van der Waals surface area contributed by atoms with E-state index in [0.717, 1.165) is 47.4 Å². The second-order valence-electron chi connectivity index (χ2n) is 9.73. The summed E-state index contributed by atoms with van der Waals surface area (Å²) in [5.74, 6) is 2.39. The lowest BCUT2D eigenvalue weighted by Crippen LogP contribution is -2.38. The molecule has 194 valence electrons. The maximum Gasteiger partial charge on any atom is 0.407 e. The van der Waals surface area contributed by atoms with E-state index in [9.17, 15) is 4.79 Å². The van der Waals surface area contributed by atoms with Crippen LogP contribution < -0.4 is 4.74 Å². The van der Waals surface area contributed by atoms with Gasteiger partial charge >= 0.3 is 6.09 Å². The fourth-order valence-electron chi connectivity index (χ4n) is 4.95. The second kappa shape index (κ2) is 9.60. The highest BCUT2D eigenvalue weighted by atomic mass is 35.5. The summed E-state index contributed by atoms with van der Waals surface area (Å²) in [4.78, 5) is 29.7. The standard InChI is InChI=1S/C27H26ClN7O3/c1-15-9-22-25(24(28)26(15)38-19-3-4-20-21(10-19)32-16(2)31-20)33-23(12-29-22)18-11-30-35(14-18)13-17-5-7-34(8-6-17)27(36)37/h3-4,9-12,14,17H,5-8,13H2,1-2H3,(H,31,32)(H,36,37). The summed E-state index contributed by atoms with van der Waals surface area (Å²) in [6, 6.07) is 7.59. The van der Waals surface area contributed by atoms with Crippen molar-refractivity contribution in [3.05, 3.63) is 59.3 Å². The van der Waals surface area contributed by atoms with Gasteiger partial charge < -0.3 is 19.7 Å². The van der Waals surface area contributed by atoms with Crippen molar-refractivity contribution in [2.45, 2.75) is 33.2 Å². The zero-order valence-corrected chi connectivity index (χ0v) is 21.7. The van der Waals surface area contributed by atoms with E-state index >= 15 is 0 Å². The second-order valence-corrected chi connectivity index (χ2v) is 10.1. The average molecular weight is 532 g/mol. The van der Waals surface area contributed by atoms with Gasteiger partial charge in [0, 0.05) is 37.5 Å². The Balaban J connectivity index is 1.24. The van der Waals surface area contributed by atoms with E-state index in [-0.39, 0.29) is 0 Å². The minimum Gasteiger partial charge on any atom is -0.465 e. The molecule has 3 aromatic heterocycles. The van der Waals surface area contributed by atoms with Crippen LogP contribution in [0.15, 0.2) is 42.9 Å². The summed E-state index contributed by atoms with van der Waals surface area (Å²) in [5, 5.41) is 14.1. The van der Waals surface area contributed by atoms with Crippen LogP contribution in [0.1, 0.15) is 24.2 Å². The van der Waals surface area contributed by atoms with Crippen LogP contribution in [0.4, 0.5) is 4.79 Å². The molecule has 0 saturated carbocycles. The van der Waals surface area contributed by atoms with E-state index in [0.29, 0.717) is 52.3 Å². The van der Waals surface area contributed by atoms with Crippen LogP contribution in [-0.4, -0.2) is 58.9 Å². The number of nitrogens with one attached hydrogen (secondary N) is 1. The molecule has 0 radical (unpaired) electrons. The molecule has 1 aliphatic rings. The molecule has 0 spiro atoms. The minimum atomic E-state index is -0.851. The van der Waals surface area contributed by atoms with Crippen molar-refractivity contribution in [3.63, 3.8) is 0 Å². The van der Waals surface area contributed by atoms with Gasteiger partial charge in [0.05, 0.1) is 34.6 Å². The minimum absolute atomic E-state index is 0.378. The quantitative estimate of drug-likeness (QED) is 0.293. The number of aryl methyl sites for hydroxylation is 2. The Morgan fingerprint density at radius 2 is 1.97 bits per heavy atom. The van der Waals surface area contributed by atoms with Gasteiger partial charge in [-0.3, -0.25) is 9.67 Å². The number of imidazole rings is 1. The Bertz CT molecular complexity index is 1670. The predicted octanol–water partition coefficient (Wildman–Crippen LogP) is 5.82. The molecule has 0 atom stereocenters. The average Bonchev–Trinajstić information content (AvgIpc) is 3.52. The van der Waals surface area contributed by atoms with Crippen LogP contribution in [0.3, 0.4) is 0 Å². The van der Waals surface area contributed by atoms with Crippen LogP contribution >= 0.6 is 11.6 Å². The molecule has 6 rings (SSSR count). The van der Waals surface area contributed by atoms with Gasteiger partial charge in [0.25, 0.3) is 0 Å². The van der Waals surface area contributed by atoms with E-state index < -0.39 is 6.09 Å². The predicted molar refractivity (Wildman–Crippen MR) is 144 cm³/mol. The lowest BCUT2D eigenvalue weighted by atomic mass is 9.97. The number of rotatable bonds is 5. The van der Waals surface area contributed by atoms with Gasteiger partial charge in [-0.15, -0.1) is 0 Å². The Morgan fingerprint density at radius 1 is 1.16 bits per heavy atom. The number of hydrogen-bond donors (Lipinski definition) is 2. The molecule has 1 saturated heterocycles. The van der Waals surface area contributed by atoms with Crippen molar-refractivity contribution in [2.75, 3.05) is 13.1 Å². The van der Waals surface area contributed by atoms with E-state index in [1.165, 1.54) is 4.90 Å². The number of nitrogens with zero attached hydrogens (tertiary/aromatic N) is 6. The first kappa shape index (κ1) is 24.2. The van der Waals surface area contributed by atoms with E-state index in [1.54, 1.807) is 12.4 Å². The van der Waals surface area contributed by atoms with Crippen molar-refractivity contribution >= 4 is 39.8 Å². The monoisotopic (exact) mass is 531 g/mol. The maximum absolute atomic E-state index is 11.2. The number of amides is 1. The zero-order valence-electron chi connectivity index (χ0n) is 21.0. The fourth-order valence-corrected chi connectivity index (χ4v) is 5.27. The van der Waals surface area contributed by atoms with Crippen LogP contribution in [0, 0.1) is 19.8 Å². The normalized spacial score (nSPS) is 14.4. The van der Waals surface area contributed by atoms with Gasteiger partial charge in [-0.2, -0.15) is 5.10 Å². The van der Waals surface area contributed by atoms with Gasteiger partial charge in [0.1, 0.15) is 22.1 Å². The number of fused-ring (bicyclic) bond motifs is 2. The van der Waals surface area contributed by atoms with Crippen molar-refractivity contribution in [3.8, 4) is 22.8 Å². The number of likely N-dealkylation sites (tertiary alicyclic amines) is 1. The Hall–Kier alpha value is -4.18. The number of carbonyl (C=O) groups is 1. The van der Waals surface area contributed by atoms with Gasteiger partial charge in [-0.25, -0.2) is 14.8 Å². The third-order valence-corrected chi connectivity index (χ3v) is 7.32. The molecule has 4 heterocycles. The Kier molecular flexibility index (Phi) is 6.11. The highest BCUT2D eigenvalue weighted by Crippen LogP contribution is 2.38. The first-order valence-corrected chi connectivity index (χ1v) is 12.8. The van der Waals surface area contributed by atoms with E-state index in [1.807, 2.05) is 49.0 Å². The lowest BCUT2D eigenvalue weighted by molar-refractivity contribution is 0.121. The van der Waals surface area contributed by atoms with E-state index in [2.05, 4.69) is 20.1 Å². The summed E-state index contributed by atoms with van der Waals surface area (Å²) in [5.41, 5.74) is 5.35. The summed E-state index contributed by atoms with van der Waals surface area (Å²) in [6.45, 7) is 5.69. The van der Waals surface area contributed by atoms with E-state index in [4.69, 9.17) is 26.4 Å². The van der Waals surface area contributed by atoms with Crippen LogP contribution in [-0.2, 0) is 6.54 Å². The molecule has 2 N–H and O–H groups in total. The number of hydrogen-bond acceptors (Lipinski definition) is 6. The Labute approximate surface area is 223 Å². The van der Waals surface area contributed by atoms with Crippen LogP contribution in [0.5, 0.6) is 11.5 Å². The highest BCUT2D eigenvalue weighted by molar-refractivity contribution is 6.36. The number of H-pyrrole nitrogens is 1. The molecular weight excluding hydrogens is 506 g/mol. The molecule has 1 aliphatic heterocycles. The van der Waals surface area contributed by atoms with Gasteiger partial charge in [0.2, 0.25) is 0 Å². The third-order valence-electron chi connectivity index (χ3n) is 6.97. The van der Waals surface area contributed by atoms with Crippen LogP contribution in [0.2, 0.25) is 5.02 Å². The fraction of sp³-hybridized carbons (Fsp3) is 0.296. The number of benzene rings is 2. The van der Waals surface area contributed by atoms with Gasteiger partial charge in [-0.1, -0.05) is 11.6 Å².